The highest BCUT2D eigenvalue weighted by Gasteiger charge is 2.18. The highest BCUT2D eigenvalue weighted by atomic mass is 79.9. The number of thioether (sulfide) groups is 1. The van der Waals surface area contributed by atoms with Crippen LogP contribution in [0.4, 0.5) is 0 Å². The monoisotopic (exact) mass is 402 g/mol. The molecule has 0 bridgehead atoms. The van der Waals surface area contributed by atoms with Gasteiger partial charge in [0.15, 0.2) is 5.78 Å². The van der Waals surface area contributed by atoms with Gasteiger partial charge < -0.3 is 0 Å². The van der Waals surface area contributed by atoms with Gasteiger partial charge in [0.05, 0.1) is 15.6 Å². The minimum Gasteiger partial charge on any atom is -0.288 e. The van der Waals surface area contributed by atoms with E-state index in [9.17, 15) is 4.79 Å². The molecule has 5 heteroatoms. The first kappa shape index (κ1) is 16.9. The van der Waals surface area contributed by atoms with Gasteiger partial charge in [-0.3, -0.25) is 4.79 Å². The summed E-state index contributed by atoms with van der Waals surface area (Å²) in [5.41, 5.74) is 2.09. The molecule has 0 amide bonds. The summed E-state index contributed by atoms with van der Waals surface area (Å²) in [5.74, 6) is 1.82. The van der Waals surface area contributed by atoms with Crippen molar-refractivity contribution in [2.75, 3.05) is 5.75 Å². The van der Waals surface area contributed by atoms with Crippen LogP contribution in [0.25, 0.3) is 0 Å². The van der Waals surface area contributed by atoms with Crippen LogP contribution in [0.2, 0.25) is 10.0 Å². The molecule has 1 nitrogen and oxygen atoms in total. The van der Waals surface area contributed by atoms with Crippen molar-refractivity contribution in [3.05, 3.63) is 67.6 Å². The van der Waals surface area contributed by atoms with E-state index in [1.165, 1.54) is 5.56 Å². The van der Waals surface area contributed by atoms with Crippen LogP contribution in [0.1, 0.15) is 28.4 Å². The molecule has 0 aliphatic carbocycles. The minimum atomic E-state index is -0.174. The van der Waals surface area contributed by atoms with Crippen molar-refractivity contribution in [2.45, 2.75) is 12.7 Å². The fraction of sp³-hybridized carbons (Fsp3) is 0.188. The van der Waals surface area contributed by atoms with Crippen molar-refractivity contribution < 1.29 is 4.79 Å². The average molecular weight is 404 g/mol. The maximum absolute atomic E-state index is 12.6. The van der Waals surface area contributed by atoms with Crippen molar-refractivity contribution in [1.29, 1.82) is 0 Å². The molecule has 0 unspecified atom stereocenters. The van der Waals surface area contributed by atoms with E-state index < -0.39 is 0 Å². The number of carbonyl (C=O) groups is 1. The van der Waals surface area contributed by atoms with E-state index in [2.05, 4.69) is 22.9 Å². The maximum atomic E-state index is 12.6. The molecule has 0 saturated heterocycles. The van der Waals surface area contributed by atoms with Crippen molar-refractivity contribution in [3.8, 4) is 0 Å². The minimum absolute atomic E-state index is 0.174. The van der Waals surface area contributed by atoms with E-state index in [0.29, 0.717) is 21.2 Å². The van der Waals surface area contributed by atoms with Crippen LogP contribution in [0.5, 0.6) is 0 Å². The molecular formula is C16H13BrCl2OS. The summed E-state index contributed by atoms with van der Waals surface area (Å²) < 4.78 is 0.762. The van der Waals surface area contributed by atoms with Crippen LogP contribution in [0.3, 0.4) is 0 Å². The summed E-state index contributed by atoms with van der Waals surface area (Å²) in [7, 11) is 0. The van der Waals surface area contributed by atoms with Crippen LogP contribution in [0.15, 0.2) is 40.9 Å². The molecule has 0 aromatic heterocycles. The third-order valence-electron chi connectivity index (χ3n) is 2.94. The Morgan fingerprint density at radius 1 is 1.19 bits per heavy atom. The largest absolute Gasteiger partial charge is 0.288 e. The summed E-state index contributed by atoms with van der Waals surface area (Å²) in [6.07, 6.45) is 0. The lowest BCUT2D eigenvalue weighted by Crippen LogP contribution is -2.04. The Hall–Kier alpha value is -0.480. The molecule has 0 aliphatic heterocycles. The molecule has 21 heavy (non-hydrogen) atoms. The first-order chi connectivity index (χ1) is 10.0. The molecule has 2 aromatic rings. The van der Waals surface area contributed by atoms with E-state index in [1.54, 1.807) is 18.2 Å². The van der Waals surface area contributed by atoms with E-state index in [0.717, 1.165) is 16.0 Å². The van der Waals surface area contributed by atoms with E-state index in [-0.39, 0.29) is 5.78 Å². The topological polar surface area (TPSA) is 17.1 Å². The third kappa shape index (κ3) is 4.04. The second-order valence-electron chi connectivity index (χ2n) is 4.38. The Morgan fingerprint density at radius 2 is 1.86 bits per heavy atom. The fourth-order valence-corrected chi connectivity index (χ4v) is 3.70. The normalized spacial score (nSPS) is 10.7. The van der Waals surface area contributed by atoms with Crippen LogP contribution >= 0.6 is 50.9 Å². The molecule has 2 aromatic carbocycles. The number of rotatable bonds is 5. The number of benzene rings is 2. The number of hydrogen-bond donors (Lipinski definition) is 0. The fourth-order valence-electron chi connectivity index (χ4n) is 1.90. The number of ketones is 1. The zero-order chi connectivity index (χ0) is 15.4. The Labute approximate surface area is 147 Å². The highest BCUT2D eigenvalue weighted by Crippen LogP contribution is 2.30. The summed E-state index contributed by atoms with van der Waals surface area (Å²) in [6.45, 7) is 2.12. The standard InChI is InChI=1S/C16H13BrCl2OS/c1-2-21-9-10-6-7-11(12(17)8-10)16(20)15-13(18)4-3-5-14(15)19/h3-8H,2,9H2,1H3. The van der Waals surface area contributed by atoms with Crippen LogP contribution in [-0.4, -0.2) is 11.5 Å². The lowest BCUT2D eigenvalue weighted by molar-refractivity contribution is 0.103. The van der Waals surface area contributed by atoms with E-state index >= 15 is 0 Å². The third-order valence-corrected chi connectivity index (χ3v) is 5.17. The summed E-state index contributed by atoms with van der Waals surface area (Å²) in [5, 5.41) is 0.732. The first-order valence-electron chi connectivity index (χ1n) is 6.39. The zero-order valence-corrected chi connectivity index (χ0v) is 15.2. The predicted octanol–water partition coefficient (Wildman–Crippen LogP) is 6.24. The van der Waals surface area contributed by atoms with E-state index in [4.69, 9.17) is 23.2 Å². The van der Waals surface area contributed by atoms with Gasteiger partial charge in [0, 0.05) is 15.8 Å². The predicted molar refractivity (Wildman–Crippen MR) is 95.9 cm³/mol. The molecule has 110 valence electrons. The summed E-state index contributed by atoms with van der Waals surface area (Å²) in [6, 6.07) is 10.8. The van der Waals surface area contributed by atoms with Gasteiger partial charge >= 0.3 is 0 Å². The van der Waals surface area contributed by atoms with Crippen molar-refractivity contribution in [1.82, 2.24) is 0 Å². The molecule has 2 rings (SSSR count). The average Bonchev–Trinajstić information content (AvgIpc) is 2.44. The molecule has 0 atom stereocenters. The Balaban J connectivity index is 2.36. The van der Waals surface area contributed by atoms with Crippen LogP contribution in [-0.2, 0) is 5.75 Å². The zero-order valence-electron chi connectivity index (χ0n) is 11.3. The second-order valence-corrected chi connectivity index (χ2v) is 7.32. The summed E-state index contributed by atoms with van der Waals surface area (Å²) >= 11 is 17.5. The van der Waals surface area contributed by atoms with Gasteiger partial charge in [-0.15, -0.1) is 0 Å². The highest BCUT2D eigenvalue weighted by molar-refractivity contribution is 9.10. The van der Waals surface area contributed by atoms with Crippen LogP contribution < -0.4 is 0 Å². The Kier molecular flexibility index (Phi) is 6.18. The Morgan fingerprint density at radius 3 is 2.43 bits per heavy atom. The SMILES string of the molecule is CCSCc1ccc(C(=O)c2c(Cl)cccc2Cl)c(Br)c1. The lowest BCUT2D eigenvalue weighted by atomic mass is 10.0. The molecule has 0 fully saturated rings. The van der Waals surface area contributed by atoms with Crippen LogP contribution in [0, 0.1) is 0 Å². The second kappa shape index (κ2) is 7.68. The van der Waals surface area contributed by atoms with Gasteiger partial charge in [-0.25, -0.2) is 0 Å². The maximum Gasteiger partial charge on any atom is 0.197 e. The smallest absolute Gasteiger partial charge is 0.197 e. The molecular weight excluding hydrogens is 391 g/mol. The van der Waals surface area contributed by atoms with Gasteiger partial charge in [-0.2, -0.15) is 11.8 Å². The molecule has 0 radical (unpaired) electrons. The van der Waals surface area contributed by atoms with Gasteiger partial charge in [0.1, 0.15) is 0 Å². The number of halogens is 3. The van der Waals surface area contributed by atoms with E-state index in [1.807, 2.05) is 30.0 Å². The Bertz CT molecular complexity index is 653. The number of hydrogen-bond acceptors (Lipinski definition) is 2. The quantitative estimate of drug-likeness (QED) is 0.549. The van der Waals surface area contributed by atoms with Gasteiger partial charge in [0.25, 0.3) is 0 Å². The molecule has 0 spiro atoms. The molecule has 0 saturated carbocycles. The molecule has 0 heterocycles. The van der Waals surface area contributed by atoms with Crippen molar-refractivity contribution in [3.63, 3.8) is 0 Å². The van der Waals surface area contributed by atoms with Gasteiger partial charge in [-0.05, 0) is 35.6 Å². The van der Waals surface area contributed by atoms with Gasteiger partial charge in [0.2, 0.25) is 0 Å². The van der Waals surface area contributed by atoms with Gasteiger partial charge in [-0.1, -0.05) is 58.2 Å². The molecule has 0 N–H and O–H groups in total. The number of carbonyl (C=O) groups excluding carboxylic acids is 1. The lowest BCUT2D eigenvalue weighted by Gasteiger charge is -2.09. The summed E-state index contributed by atoms with van der Waals surface area (Å²) in [4.78, 5) is 12.6. The molecule has 0 aliphatic rings. The first-order valence-corrected chi connectivity index (χ1v) is 9.09. The van der Waals surface area contributed by atoms with Crippen molar-refractivity contribution >= 4 is 56.7 Å². The van der Waals surface area contributed by atoms with Crippen molar-refractivity contribution in [2.24, 2.45) is 0 Å².